The number of amides is 2. The van der Waals surface area contributed by atoms with Crippen LogP contribution in [0.5, 0.6) is 0 Å². The first-order valence-corrected chi connectivity index (χ1v) is 6.38. The van der Waals surface area contributed by atoms with Crippen LogP contribution in [-0.4, -0.2) is 35.6 Å². The molecule has 2 amide bonds. The average molecular weight is 258 g/mol. The second kappa shape index (κ2) is 7.36. The molecule has 2 atom stereocenters. The summed E-state index contributed by atoms with van der Waals surface area (Å²) >= 11 is 0. The molecule has 0 fully saturated rings. The van der Waals surface area contributed by atoms with E-state index in [9.17, 15) is 9.59 Å². The van der Waals surface area contributed by atoms with E-state index in [1.54, 1.807) is 6.92 Å². The Kier molecular flexibility index (Phi) is 6.91. The van der Waals surface area contributed by atoms with E-state index >= 15 is 0 Å². The van der Waals surface area contributed by atoms with E-state index in [-0.39, 0.29) is 24.3 Å². The molecule has 5 heteroatoms. The minimum Gasteiger partial charge on any atom is -0.393 e. The summed E-state index contributed by atoms with van der Waals surface area (Å²) in [5.41, 5.74) is -0.434. The van der Waals surface area contributed by atoms with Crippen LogP contribution in [0.2, 0.25) is 0 Å². The van der Waals surface area contributed by atoms with Gasteiger partial charge in [0.15, 0.2) is 0 Å². The van der Waals surface area contributed by atoms with E-state index in [1.165, 1.54) is 0 Å². The molecule has 0 bridgehead atoms. The first-order valence-electron chi connectivity index (χ1n) is 6.38. The second-order valence-electron chi connectivity index (χ2n) is 5.81. The molecule has 2 unspecified atom stereocenters. The molecule has 0 spiro atoms. The molecule has 0 rings (SSSR count). The van der Waals surface area contributed by atoms with Crippen LogP contribution in [0.25, 0.3) is 0 Å². The lowest BCUT2D eigenvalue weighted by molar-refractivity contribution is -0.128. The molecule has 0 aliphatic carbocycles. The highest BCUT2D eigenvalue weighted by Crippen LogP contribution is 2.12. The molecule has 0 saturated heterocycles. The maximum atomic E-state index is 11.5. The quantitative estimate of drug-likeness (QED) is 0.660. The zero-order valence-electron chi connectivity index (χ0n) is 12.0. The van der Waals surface area contributed by atoms with E-state index in [0.717, 1.165) is 0 Å². The summed E-state index contributed by atoms with van der Waals surface area (Å²) in [5.74, 6) is -0.176. The first kappa shape index (κ1) is 16.9. The predicted octanol–water partition coefficient (Wildman–Crippen LogP) is 0.814. The van der Waals surface area contributed by atoms with Crippen molar-refractivity contribution in [1.29, 1.82) is 0 Å². The maximum absolute atomic E-state index is 11.5. The monoisotopic (exact) mass is 258 g/mol. The topological polar surface area (TPSA) is 78.4 Å². The summed E-state index contributed by atoms with van der Waals surface area (Å²) < 4.78 is 0. The molecule has 106 valence electrons. The highest BCUT2D eigenvalue weighted by molar-refractivity contribution is 5.82. The summed E-state index contributed by atoms with van der Waals surface area (Å²) in [6.45, 7) is 9.35. The average Bonchev–Trinajstić information content (AvgIpc) is 2.13. The van der Waals surface area contributed by atoms with Crippen molar-refractivity contribution in [2.75, 3.05) is 6.54 Å². The van der Waals surface area contributed by atoms with Crippen LogP contribution < -0.4 is 10.6 Å². The van der Waals surface area contributed by atoms with Gasteiger partial charge in [-0.05, 0) is 20.3 Å². The molecular weight excluding hydrogens is 232 g/mol. The molecule has 0 heterocycles. The largest absolute Gasteiger partial charge is 0.393 e. The van der Waals surface area contributed by atoms with Crippen molar-refractivity contribution in [3.05, 3.63) is 0 Å². The van der Waals surface area contributed by atoms with E-state index < -0.39 is 11.5 Å². The van der Waals surface area contributed by atoms with E-state index in [4.69, 9.17) is 5.11 Å². The fraction of sp³-hybridized carbons (Fsp3) is 0.846. The third kappa shape index (κ3) is 8.06. The summed E-state index contributed by atoms with van der Waals surface area (Å²) in [6.07, 6.45) is 0.354. The molecule has 0 aromatic heterocycles. The van der Waals surface area contributed by atoms with Crippen molar-refractivity contribution in [3.63, 3.8) is 0 Å². The lowest BCUT2D eigenvalue weighted by Crippen LogP contribution is -2.39. The zero-order valence-corrected chi connectivity index (χ0v) is 12.0. The normalized spacial score (nSPS) is 14.8. The van der Waals surface area contributed by atoms with Crippen LogP contribution in [0, 0.1) is 5.41 Å². The Morgan fingerprint density at radius 2 is 1.78 bits per heavy atom. The molecule has 0 aromatic rings. The Hall–Kier alpha value is -1.10. The van der Waals surface area contributed by atoms with Crippen molar-refractivity contribution in [1.82, 2.24) is 10.6 Å². The van der Waals surface area contributed by atoms with Crippen LogP contribution in [0.1, 0.15) is 47.5 Å². The van der Waals surface area contributed by atoms with Gasteiger partial charge in [0.25, 0.3) is 0 Å². The zero-order chi connectivity index (χ0) is 14.3. The molecule has 0 saturated carbocycles. The third-order valence-corrected chi connectivity index (χ3v) is 2.42. The van der Waals surface area contributed by atoms with Crippen molar-refractivity contribution in [2.24, 2.45) is 5.41 Å². The lowest BCUT2D eigenvalue weighted by Gasteiger charge is -2.18. The Bertz CT molecular complexity index is 282. The number of hydrogen-bond donors (Lipinski definition) is 3. The fourth-order valence-electron chi connectivity index (χ4n) is 1.47. The van der Waals surface area contributed by atoms with Gasteiger partial charge in [-0.2, -0.15) is 0 Å². The highest BCUT2D eigenvalue weighted by Gasteiger charge is 2.20. The summed E-state index contributed by atoms with van der Waals surface area (Å²) in [4.78, 5) is 23.1. The molecule has 0 radical (unpaired) electrons. The van der Waals surface area contributed by atoms with Crippen molar-refractivity contribution in [3.8, 4) is 0 Å². The summed E-state index contributed by atoms with van der Waals surface area (Å²) in [5, 5.41) is 14.7. The number of aliphatic hydroxyl groups is 1. The Balaban J connectivity index is 3.82. The van der Waals surface area contributed by atoms with Gasteiger partial charge < -0.3 is 15.7 Å². The second-order valence-corrected chi connectivity index (χ2v) is 5.81. The lowest BCUT2D eigenvalue weighted by atomic mass is 9.96. The Labute approximate surface area is 109 Å². The van der Waals surface area contributed by atoms with Crippen LogP contribution >= 0.6 is 0 Å². The van der Waals surface area contributed by atoms with Gasteiger partial charge in [0.05, 0.1) is 6.10 Å². The first-order chi connectivity index (χ1) is 8.12. The van der Waals surface area contributed by atoms with E-state index in [2.05, 4.69) is 10.6 Å². The van der Waals surface area contributed by atoms with Gasteiger partial charge >= 0.3 is 0 Å². The molecular formula is C13H26N2O3. The highest BCUT2D eigenvalue weighted by atomic mass is 16.3. The predicted molar refractivity (Wildman–Crippen MR) is 71.0 cm³/mol. The van der Waals surface area contributed by atoms with Gasteiger partial charge in [0, 0.05) is 24.4 Å². The number of carbonyl (C=O) groups is 2. The smallest absolute Gasteiger partial charge is 0.225 e. The molecule has 18 heavy (non-hydrogen) atoms. The summed E-state index contributed by atoms with van der Waals surface area (Å²) in [6, 6.07) is -0.0594. The third-order valence-electron chi connectivity index (χ3n) is 2.42. The van der Waals surface area contributed by atoms with E-state index in [1.807, 2.05) is 27.7 Å². The number of rotatable bonds is 6. The van der Waals surface area contributed by atoms with Gasteiger partial charge in [-0.1, -0.05) is 20.8 Å². The number of nitrogens with one attached hydrogen (secondary N) is 2. The summed E-state index contributed by atoms with van der Waals surface area (Å²) in [7, 11) is 0. The van der Waals surface area contributed by atoms with Crippen molar-refractivity contribution >= 4 is 11.8 Å². The van der Waals surface area contributed by atoms with Gasteiger partial charge in [0.2, 0.25) is 11.8 Å². The molecule has 3 N–H and O–H groups in total. The van der Waals surface area contributed by atoms with Crippen LogP contribution in [0.3, 0.4) is 0 Å². The van der Waals surface area contributed by atoms with Gasteiger partial charge in [0.1, 0.15) is 0 Å². The SMILES string of the molecule is CC(O)CC(C)NC(=O)CCNC(=O)C(C)(C)C. The minimum absolute atomic E-state index is 0.0594. The number of hydrogen-bond acceptors (Lipinski definition) is 3. The van der Waals surface area contributed by atoms with Gasteiger partial charge in [-0.3, -0.25) is 9.59 Å². The minimum atomic E-state index is -0.434. The standard InChI is InChI=1S/C13H26N2O3/c1-9(8-10(2)16)15-11(17)6-7-14-12(18)13(3,4)5/h9-10,16H,6-8H2,1-5H3,(H,14,18)(H,15,17). The van der Waals surface area contributed by atoms with Crippen LogP contribution in [-0.2, 0) is 9.59 Å². The maximum Gasteiger partial charge on any atom is 0.225 e. The molecule has 0 aliphatic heterocycles. The Morgan fingerprint density at radius 3 is 2.22 bits per heavy atom. The number of carbonyl (C=O) groups excluding carboxylic acids is 2. The molecule has 0 aromatic carbocycles. The van der Waals surface area contributed by atoms with Gasteiger partial charge in [-0.15, -0.1) is 0 Å². The fourth-order valence-corrected chi connectivity index (χ4v) is 1.47. The van der Waals surface area contributed by atoms with Gasteiger partial charge in [-0.25, -0.2) is 0 Å². The van der Waals surface area contributed by atoms with Crippen LogP contribution in [0.15, 0.2) is 0 Å². The molecule has 5 nitrogen and oxygen atoms in total. The Morgan fingerprint density at radius 1 is 1.22 bits per heavy atom. The number of aliphatic hydroxyl groups excluding tert-OH is 1. The van der Waals surface area contributed by atoms with Crippen molar-refractivity contribution < 1.29 is 14.7 Å². The van der Waals surface area contributed by atoms with Crippen molar-refractivity contribution in [2.45, 2.75) is 59.6 Å². The van der Waals surface area contributed by atoms with E-state index in [0.29, 0.717) is 13.0 Å². The molecule has 0 aliphatic rings. The van der Waals surface area contributed by atoms with Crippen LogP contribution in [0.4, 0.5) is 0 Å².